The minimum Gasteiger partial charge on any atom is -0.368 e. The monoisotopic (exact) mass is 402 g/mol. The molecule has 0 bridgehead atoms. The zero-order valence-corrected chi connectivity index (χ0v) is 16.0. The summed E-state index contributed by atoms with van der Waals surface area (Å²) in [6.07, 6.45) is -1.83. The summed E-state index contributed by atoms with van der Waals surface area (Å²) < 4.78 is 45.8. The third kappa shape index (κ3) is 4.57. The molecule has 156 valence electrons. The van der Waals surface area contributed by atoms with Gasteiger partial charge in [-0.3, -0.25) is 14.5 Å². The van der Waals surface area contributed by atoms with Crippen molar-refractivity contribution >= 4 is 11.9 Å². The molecule has 1 aromatic heterocycles. The van der Waals surface area contributed by atoms with Crippen LogP contribution >= 0.6 is 0 Å². The minimum atomic E-state index is -4.50. The van der Waals surface area contributed by atoms with Gasteiger partial charge >= 0.3 is 6.18 Å². The fourth-order valence-electron chi connectivity index (χ4n) is 3.53. The molecule has 2 aliphatic heterocycles. The number of nitrogens with one attached hydrogen (secondary N) is 1. The third-order valence-corrected chi connectivity index (χ3v) is 4.92. The van der Waals surface area contributed by atoms with Gasteiger partial charge in [0.05, 0.1) is 0 Å². The van der Waals surface area contributed by atoms with Crippen molar-refractivity contribution in [2.24, 2.45) is 12.0 Å². The van der Waals surface area contributed by atoms with E-state index in [2.05, 4.69) is 15.4 Å². The number of nitrogens with zero attached hydrogens (tertiary/aromatic N) is 5. The molecule has 1 unspecified atom stereocenters. The number of aliphatic imine (C=N–C) groups is 1. The number of piperazine rings is 1. The number of aromatic nitrogens is 2. The average Bonchev–Trinajstić information content (AvgIpc) is 3.31. The van der Waals surface area contributed by atoms with Crippen LogP contribution in [0.4, 0.5) is 13.2 Å². The van der Waals surface area contributed by atoms with Crippen molar-refractivity contribution in [2.75, 3.05) is 39.8 Å². The Labute approximate surface area is 161 Å². The predicted octanol–water partition coefficient (Wildman–Crippen LogP) is 0.837. The van der Waals surface area contributed by atoms with Gasteiger partial charge in [0, 0.05) is 65.2 Å². The van der Waals surface area contributed by atoms with Gasteiger partial charge < -0.3 is 19.9 Å². The van der Waals surface area contributed by atoms with Gasteiger partial charge in [-0.2, -0.15) is 18.3 Å². The number of ether oxygens (including phenoxy) is 1. The topological polar surface area (TPSA) is 75.0 Å². The summed E-state index contributed by atoms with van der Waals surface area (Å²) in [5.41, 5.74) is -0.840. The summed E-state index contributed by atoms with van der Waals surface area (Å²) in [6, 6.07) is 0. The third-order valence-electron chi connectivity index (χ3n) is 4.92. The highest BCUT2D eigenvalue weighted by Crippen LogP contribution is 2.30. The molecule has 0 aromatic carbocycles. The zero-order chi connectivity index (χ0) is 20.3. The van der Waals surface area contributed by atoms with Crippen LogP contribution < -0.4 is 5.32 Å². The number of amides is 1. The summed E-state index contributed by atoms with van der Waals surface area (Å²) in [4.78, 5) is 20.3. The summed E-state index contributed by atoms with van der Waals surface area (Å²) in [6.45, 7) is 2.75. The van der Waals surface area contributed by atoms with Crippen LogP contribution in [-0.4, -0.2) is 77.4 Å². The maximum absolute atomic E-state index is 13.1. The predicted molar refractivity (Wildman–Crippen MR) is 95.5 cm³/mol. The Kier molecular flexibility index (Phi) is 6.11. The molecule has 1 amide bonds. The second-order valence-electron chi connectivity index (χ2n) is 6.89. The number of hydrogen-bond donors (Lipinski definition) is 1. The van der Waals surface area contributed by atoms with Crippen molar-refractivity contribution in [1.29, 1.82) is 0 Å². The number of guanidine groups is 1. The molecule has 8 nitrogen and oxygen atoms in total. The molecular formula is C17H25F3N6O2. The van der Waals surface area contributed by atoms with E-state index in [-0.39, 0.29) is 24.1 Å². The van der Waals surface area contributed by atoms with Crippen LogP contribution in [0.3, 0.4) is 0 Å². The van der Waals surface area contributed by atoms with Crippen LogP contribution in [0, 0.1) is 0 Å². The Morgan fingerprint density at radius 1 is 1.32 bits per heavy atom. The van der Waals surface area contributed by atoms with E-state index < -0.39 is 11.9 Å². The fraction of sp³-hybridized carbons (Fsp3) is 0.706. The van der Waals surface area contributed by atoms with Crippen molar-refractivity contribution in [3.05, 3.63) is 17.5 Å². The van der Waals surface area contributed by atoms with Gasteiger partial charge in [-0.15, -0.1) is 0 Å². The molecule has 3 rings (SSSR count). The highest BCUT2D eigenvalue weighted by atomic mass is 19.4. The molecule has 0 saturated carbocycles. The molecule has 11 heteroatoms. The van der Waals surface area contributed by atoms with Crippen molar-refractivity contribution in [3.63, 3.8) is 0 Å². The van der Waals surface area contributed by atoms with E-state index in [4.69, 9.17) is 4.74 Å². The average molecular weight is 402 g/mol. The molecule has 1 N–H and O–H groups in total. The second-order valence-corrected chi connectivity index (χ2v) is 6.89. The molecule has 0 aliphatic carbocycles. The van der Waals surface area contributed by atoms with Crippen LogP contribution in [-0.2, 0) is 29.3 Å². The zero-order valence-electron chi connectivity index (χ0n) is 16.0. The van der Waals surface area contributed by atoms with Crippen molar-refractivity contribution in [3.8, 4) is 0 Å². The lowest BCUT2D eigenvalue weighted by molar-refractivity contribution is -0.142. The number of carbonyl (C=O) groups is 1. The normalized spacial score (nSPS) is 21.3. The van der Waals surface area contributed by atoms with E-state index >= 15 is 0 Å². The summed E-state index contributed by atoms with van der Waals surface area (Å²) >= 11 is 0. The van der Waals surface area contributed by atoms with Crippen molar-refractivity contribution < 1.29 is 22.7 Å². The van der Waals surface area contributed by atoms with E-state index in [1.807, 2.05) is 4.90 Å². The number of alkyl halides is 3. The lowest BCUT2D eigenvalue weighted by Gasteiger charge is -2.37. The highest BCUT2D eigenvalue weighted by Gasteiger charge is 2.37. The molecule has 2 aliphatic rings. The minimum absolute atomic E-state index is 0.0188. The largest absolute Gasteiger partial charge is 0.435 e. The molecule has 0 spiro atoms. The number of rotatable bonds is 3. The second kappa shape index (κ2) is 8.38. The van der Waals surface area contributed by atoms with E-state index in [1.165, 1.54) is 13.2 Å². The van der Waals surface area contributed by atoms with Gasteiger partial charge in [0.1, 0.15) is 6.10 Å². The summed E-state index contributed by atoms with van der Waals surface area (Å²) in [7, 11) is 3.04. The van der Waals surface area contributed by atoms with E-state index in [9.17, 15) is 18.0 Å². The molecule has 3 heterocycles. The molecule has 1 aromatic rings. The molecule has 1 atom stereocenters. The van der Waals surface area contributed by atoms with Crippen LogP contribution in [0.25, 0.3) is 0 Å². The number of hydrogen-bond acceptors (Lipinski definition) is 4. The number of carbonyl (C=O) groups excluding carboxylic acids is 1. The van der Waals surface area contributed by atoms with E-state index in [0.717, 1.165) is 17.5 Å². The summed E-state index contributed by atoms with van der Waals surface area (Å²) in [5, 5.41) is 6.48. The van der Waals surface area contributed by atoms with Gasteiger partial charge in [0.15, 0.2) is 11.7 Å². The standard InChI is InChI=1S/C17H25F3N6O2/c1-21-16(22-10-12-11-24(2)23-14(12)17(18,19)20)26-7-5-25(6-8-26)15(27)13-4-3-9-28-13/h11,13H,3-10H2,1-2H3,(H,21,22). The molecule has 0 radical (unpaired) electrons. The van der Waals surface area contributed by atoms with Crippen molar-refractivity contribution in [1.82, 2.24) is 24.9 Å². The van der Waals surface area contributed by atoms with Crippen LogP contribution in [0.15, 0.2) is 11.2 Å². The smallest absolute Gasteiger partial charge is 0.368 e. The Morgan fingerprint density at radius 3 is 2.57 bits per heavy atom. The van der Waals surface area contributed by atoms with Gasteiger partial charge in [-0.1, -0.05) is 0 Å². The Bertz CT molecular complexity index is 719. The lowest BCUT2D eigenvalue weighted by Crippen LogP contribution is -2.55. The Balaban J connectivity index is 1.55. The summed E-state index contributed by atoms with van der Waals surface area (Å²) in [5.74, 6) is 0.520. The van der Waals surface area contributed by atoms with Crippen LogP contribution in [0.5, 0.6) is 0 Å². The lowest BCUT2D eigenvalue weighted by atomic mass is 10.2. The molecule has 2 fully saturated rings. The SMILES string of the molecule is CN=C(NCc1cn(C)nc1C(F)(F)F)N1CCN(C(=O)C2CCCO2)CC1. The van der Waals surface area contributed by atoms with Gasteiger partial charge in [-0.05, 0) is 12.8 Å². The van der Waals surface area contributed by atoms with E-state index in [1.54, 1.807) is 11.9 Å². The quantitative estimate of drug-likeness (QED) is 0.599. The number of aryl methyl sites for hydroxylation is 1. The fourth-order valence-corrected chi connectivity index (χ4v) is 3.53. The first-order valence-electron chi connectivity index (χ1n) is 9.25. The first-order chi connectivity index (χ1) is 13.3. The van der Waals surface area contributed by atoms with E-state index in [0.29, 0.717) is 38.7 Å². The Hall–Kier alpha value is -2.30. The highest BCUT2D eigenvalue weighted by molar-refractivity contribution is 5.82. The number of halogens is 3. The van der Waals surface area contributed by atoms with Gasteiger partial charge in [0.2, 0.25) is 0 Å². The van der Waals surface area contributed by atoms with Crippen LogP contribution in [0.2, 0.25) is 0 Å². The maximum atomic E-state index is 13.1. The maximum Gasteiger partial charge on any atom is 0.435 e. The first kappa shape index (κ1) is 20.4. The van der Waals surface area contributed by atoms with Gasteiger partial charge in [-0.25, -0.2) is 0 Å². The van der Waals surface area contributed by atoms with Crippen molar-refractivity contribution in [2.45, 2.75) is 31.7 Å². The molecular weight excluding hydrogens is 377 g/mol. The first-order valence-corrected chi connectivity index (χ1v) is 9.25. The van der Waals surface area contributed by atoms with Gasteiger partial charge in [0.25, 0.3) is 5.91 Å². The van der Waals surface area contributed by atoms with Crippen LogP contribution in [0.1, 0.15) is 24.1 Å². The molecule has 2 saturated heterocycles. The Morgan fingerprint density at radius 2 is 2.00 bits per heavy atom. The molecule has 28 heavy (non-hydrogen) atoms.